The second-order valence-corrected chi connectivity index (χ2v) is 5.11. The van der Waals surface area contributed by atoms with Crippen LogP contribution in [-0.2, 0) is 6.42 Å². The van der Waals surface area contributed by atoms with Crippen LogP contribution in [0.2, 0.25) is 0 Å². The first-order chi connectivity index (χ1) is 10.1. The summed E-state index contributed by atoms with van der Waals surface area (Å²) < 4.78 is 1.69. The zero-order valence-corrected chi connectivity index (χ0v) is 12.6. The molecule has 0 heterocycles. The van der Waals surface area contributed by atoms with E-state index in [1.54, 1.807) is 10.8 Å². The second-order valence-electron chi connectivity index (χ2n) is 5.11. The van der Waals surface area contributed by atoms with Crippen LogP contribution >= 0.6 is 0 Å². The highest BCUT2D eigenvalue weighted by molar-refractivity contribution is 5.57. The third-order valence-electron chi connectivity index (χ3n) is 3.40. The first-order valence-corrected chi connectivity index (χ1v) is 7.23. The van der Waals surface area contributed by atoms with Crippen molar-refractivity contribution in [1.82, 2.24) is 0 Å². The largest absolute Gasteiger partial charge is 0.505 e. The third-order valence-corrected chi connectivity index (χ3v) is 3.40. The summed E-state index contributed by atoms with van der Waals surface area (Å²) in [5, 5.41) is 14.4. The molecule has 0 aliphatic carbocycles. The second kappa shape index (κ2) is 6.88. The normalized spacial score (nSPS) is 11.6. The van der Waals surface area contributed by atoms with Crippen molar-refractivity contribution in [3.63, 3.8) is 0 Å². The van der Waals surface area contributed by atoms with Gasteiger partial charge in [0, 0.05) is 11.2 Å². The van der Waals surface area contributed by atoms with Crippen molar-refractivity contribution in [2.24, 2.45) is 5.11 Å². The molecule has 0 radical (unpaired) electrons. The van der Waals surface area contributed by atoms with Crippen LogP contribution in [0.25, 0.3) is 0 Å². The molecule has 0 aliphatic heterocycles. The number of unbranched alkanes of at least 4 members (excludes halogenated alkanes) is 1. The van der Waals surface area contributed by atoms with Crippen molar-refractivity contribution >= 4 is 17.1 Å². The standard InChI is InChI=1S/C17H21N3O/c1-3-4-7-13-10-11-17(21)15(12-13)19-20(2)16-9-6-5-8-14(16)18/h5-6,8-12H,3-4,7,18H2,1-2H3/p+1. The van der Waals surface area contributed by atoms with Gasteiger partial charge in [-0.2, -0.15) is 0 Å². The first-order valence-electron chi connectivity index (χ1n) is 7.23. The molecule has 0 amide bonds. The zero-order chi connectivity index (χ0) is 15.2. The highest BCUT2D eigenvalue weighted by Crippen LogP contribution is 2.30. The highest BCUT2D eigenvalue weighted by Gasteiger charge is 2.12. The van der Waals surface area contributed by atoms with Crippen LogP contribution in [0.1, 0.15) is 25.3 Å². The number of benzene rings is 2. The Hall–Kier alpha value is -2.36. The molecular formula is C17H22N3O+. The quantitative estimate of drug-likeness (QED) is 0.486. The number of rotatable bonds is 5. The Balaban J connectivity index is 2.33. The number of nitrogens with two attached hydrogens (primary N) is 1. The van der Waals surface area contributed by atoms with E-state index in [-0.39, 0.29) is 5.75 Å². The van der Waals surface area contributed by atoms with Crippen LogP contribution in [-0.4, -0.2) is 16.9 Å². The number of hydrogen-bond acceptors (Lipinski definition) is 3. The minimum Gasteiger partial charge on any atom is -0.505 e. The molecule has 0 saturated heterocycles. The molecule has 0 fully saturated rings. The molecule has 3 N–H and O–H groups in total. The van der Waals surface area contributed by atoms with Gasteiger partial charge in [-0.05, 0) is 36.6 Å². The molecule has 2 aromatic carbocycles. The van der Waals surface area contributed by atoms with Gasteiger partial charge >= 0.3 is 0 Å². The Bertz CT molecular complexity index is 650. The third kappa shape index (κ3) is 3.81. The van der Waals surface area contributed by atoms with Crippen molar-refractivity contribution in [3.8, 4) is 5.75 Å². The number of para-hydroxylation sites is 2. The van der Waals surface area contributed by atoms with Crippen LogP contribution in [0, 0.1) is 0 Å². The summed E-state index contributed by atoms with van der Waals surface area (Å²) >= 11 is 0. The maximum absolute atomic E-state index is 9.97. The molecule has 21 heavy (non-hydrogen) atoms. The van der Waals surface area contributed by atoms with Crippen LogP contribution in [0.3, 0.4) is 0 Å². The topological polar surface area (TPSA) is 61.6 Å². The molecule has 0 aromatic heterocycles. The number of nitrogens with zero attached hydrogens (tertiary/aromatic N) is 2. The van der Waals surface area contributed by atoms with Crippen molar-refractivity contribution in [3.05, 3.63) is 48.0 Å². The van der Waals surface area contributed by atoms with Gasteiger partial charge in [-0.25, -0.2) is 0 Å². The van der Waals surface area contributed by atoms with Gasteiger partial charge < -0.3 is 10.8 Å². The van der Waals surface area contributed by atoms with E-state index < -0.39 is 0 Å². The maximum Gasteiger partial charge on any atom is 0.254 e. The predicted molar refractivity (Wildman–Crippen MR) is 85.5 cm³/mol. The maximum atomic E-state index is 9.97. The van der Waals surface area contributed by atoms with Gasteiger partial charge in [-0.15, -0.1) is 0 Å². The SMILES string of the molecule is CCCCc1ccc(O)c(N=[N+](C)c2ccccc2N)c1. The Morgan fingerprint density at radius 2 is 1.95 bits per heavy atom. The molecule has 0 unspecified atom stereocenters. The van der Waals surface area contributed by atoms with Gasteiger partial charge in [-0.1, -0.05) is 36.2 Å². The van der Waals surface area contributed by atoms with E-state index >= 15 is 0 Å². The molecule has 0 saturated carbocycles. The summed E-state index contributed by atoms with van der Waals surface area (Å²) in [6.07, 6.45) is 3.27. The number of aromatic hydroxyl groups is 1. The molecule has 0 aliphatic rings. The first kappa shape index (κ1) is 15.0. The molecular weight excluding hydrogens is 262 g/mol. The van der Waals surface area contributed by atoms with Gasteiger partial charge in [-0.3, -0.25) is 0 Å². The summed E-state index contributed by atoms with van der Waals surface area (Å²) in [5.74, 6) is 0.177. The van der Waals surface area contributed by atoms with E-state index in [4.69, 9.17) is 5.73 Å². The fourth-order valence-corrected chi connectivity index (χ4v) is 2.18. The monoisotopic (exact) mass is 284 g/mol. The van der Waals surface area contributed by atoms with E-state index in [1.165, 1.54) is 5.56 Å². The van der Waals surface area contributed by atoms with Gasteiger partial charge in [0.25, 0.3) is 5.69 Å². The summed E-state index contributed by atoms with van der Waals surface area (Å²) in [6, 6.07) is 13.1. The van der Waals surface area contributed by atoms with E-state index in [2.05, 4.69) is 12.0 Å². The van der Waals surface area contributed by atoms with Gasteiger partial charge in [0.1, 0.15) is 11.4 Å². The summed E-state index contributed by atoms with van der Waals surface area (Å²) in [5.41, 5.74) is 9.17. The lowest BCUT2D eigenvalue weighted by atomic mass is 10.1. The van der Waals surface area contributed by atoms with Crippen LogP contribution < -0.4 is 5.73 Å². The summed E-state index contributed by atoms with van der Waals surface area (Å²) in [6.45, 7) is 2.16. The molecule has 2 rings (SSSR count). The number of azo groups is 2. The average molecular weight is 284 g/mol. The number of hydrogen-bond donors (Lipinski definition) is 2. The molecule has 110 valence electrons. The summed E-state index contributed by atoms with van der Waals surface area (Å²) in [7, 11) is 1.82. The van der Waals surface area contributed by atoms with E-state index in [1.807, 2.05) is 43.4 Å². The average Bonchev–Trinajstić information content (AvgIpc) is 2.48. The minimum atomic E-state index is 0.177. The number of phenolic OH excluding ortho intramolecular Hbond substituents is 1. The van der Waals surface area contributed by atoms with Crippen LogP contribution in [0.15, 0.2) is 47.6 Å². The van der Waals surface area contributed by atoms with Crippen molar-refractivity contribution < 1.29 is 9.80 Å². The lowest BCUT2D eigenvalue weighted by Gasteiger charge is -2.03. The fraction of sp³-hybridized carbons (Fsp3) is 0.294. The molecule has 0 bridgehead atoms. The van der Waals surface area contributed by atoms with Crippen LogP contribution in [0.5, 0.6) is 5.75 Å². The minimum absolute atomic E-state index is 0.177. The summed E-state index contributed by atoms with van der Waals surface area (Å²) in [4.78, 5) is 0. The molecule has 2 aromatic rings. The van der Waals surface area contributed by atoms with Crippen molar-refractivity contribution in [1.29, 1.82) is 0 Å². The predicted octanol–water partition coefficient (Wildman–Crippen LogP) is 4.37. The zero-order valence-electron chi connectivity index (χ0n) is 12.6. The van der Waals surface area contributed by atoms with E-state index in [0.717, 1.165) is 24.9 Å². The Labute approximate surface area is 125 Å². The number of nitrogen functional groups attached to an aromatic ring is 1. The number of anilines is 1. The Morgan fingerprint density at radius 3 is 2.67 bits per heavy atom. The fourth-order valence-electron chi connectivity index (χ4n) is 2.18. The molecule has 4 nitrogen and oxygen atoms in total. The van der Waals surface area contributed by atoms with E-state index in [0.29, 0.717) is 11.4 Å². The lowest BCUT2D eigenvalue weighted by molar-refractivity contribution is -0.475. The van der Waals surface area contributed by atoms with E-state index in [9.17, 15) is 5.11 Å². The molecule has 4 heteroatoms. The van der Waals surface area contributed by atoms with Gasteiger partial charge in [0.2, 0.25) is 0 Å². The highest BCUT2D eigenvalue weighted by atomic mass is 16.3. The number of aryl methyl sites for hydroxylation is 1. The van der Waals surface area contributed by atoms with Gasteiger partial charge in [0.15, 0.2) is 12.7 Å². The Kier molecular flexibility index (Phi) is 4.93. The number of phenols is 1. The molecule has 0 atom stereocenters. The van der Waals surface area contributed by atoms with Crippen molar-refractivity contribution in [2.75, 3.05) is 12.8 Å². The van der Waals surface area contributed by atoms with Gasteiger partial charge in [0.05, 0.1) is 0 Å². The smallest absolute Gasteiger partial charge is 0.254 e. The Morgan fingerprint density at radius 1 is 1.19 bits per heavy atom. The van der Waals surface area contributed by atoms with Crippen molar-refractivity contribution in [2.45, 2.75) is 26.2 Å². The lowest BCUT2D eigenvalue weighted by Crippen LogP contribution is -1.98. The van der Waals surface area contributed by atoms with Crippen LogP contribution in [0.4, 0.5) is 17.1 Å². The molecule has 0 spiro atoms.